The molecule has 156 valence electrons. The van der Waals surface area contributed by atoms with Gasteiger partial charge in [0.25, 0.3) is 11.8 Å². The van der Waals surface area contributed by atoms with Gasteiger partial charge in [-0.2, -0.15) is 0 Å². The lowest BCUT2D eigenvalue weighted by Gasteiger charge is -2.21. The minimum absolute atomic E-state index is 0.00272. The van der Waals surface area contributed by atoms with Crippen LogP contribution in [0.5, 0.6) is 5.75 Å². The monoisotopic (exact) mass is 404 g/mol. The third-order valence-electron chi connectivity index (χ3n) is 4.11. The molecule has 29 heavy (non-hydrogen) atoms. The predicted octanol–water partition coefficient (Wildman–Crippen LogP) is 1.10. The molecule has 3 amide bonds. The summed E-state index contributed by atoms with van der Waals surface area (Å²) < 4.78 is 10.6. The minimum Gasteiger partial charge on any atom is -0.481 e. The highest BCUT2D eigenvalue weighted by Crippen LogP contribution is 2.32. The molecule has 2 rings (SSSR count). The van der Waals surface area contributed by atoms with Crippen LogP contribution in [0.4, 0.5) is 0 Å². The zero-order chi connectivity index (χ0) is 21.8. The number of carbonyl (C=O) groups is 5. The van der Waals surface area contributed by atoms with Crippen LogP contribution in [0.1, 0.15) is 54.3 Å². The smallest absolute Gasteiger partial charge is 0.344 e. The van der Waals surface area contributed by atoms with Crippen molar-refractivity contribution in [3.8, 4) is 5.75 Å². The number of hydrogen-bond acceptors (Lipinski definition) is 7. The van der Waals surface area contributed by atoms with Crippen LogP contribution >= 0.6 is 0 Å². The summed E-state index contributed by atoms with van der Waals surface area (Å²) in [6, 6.07) is 3.33. The number of imide groups is 1. The van der Waals surface area contributed by atoms with Crippen molar-refractivity contribution in [3.63, 3.8) is 0 Å². The Kier molecular flexibility index (Phi) is 6.73. The number of benzene rings is 1. The lowest BCUT2D eigenvalue weighted by molar-refractivity contribution is -0.157. The molecule has 1 unspecified atom stereocenters. The highest BCUT2D eigenvalue weighted by Gasteiger charge is 2.42. The van der Waals surface area contributed by atoms with Crippen LogP contribution in [-0.4, -0.2) is 60.2 Å². The average Bonchev–Trinajstić information content (AvgIpc) is 2.91. The van der Waals surface area contributed by atoms with E-state index in [0.717, 1.165) is 4.90 Å². The first-order chi connectivity index (χ1) is 13.6. The second-order valence-corrected chi connectivity index (χ2v) is 7.45. The Morgan fingerprint density at radius 1 is 1.21 bits per heavy atom. The minimum atomic E-state index is -1.08. The zero-order valence-electron chi connectivity index (χ0n) is 16.8. The molecular weight excluding hydrogens is 380 g/mol. The second-order valence-electron chi connectivity index (χ2n) is 7.45. The molecule has 0 saturated heterocycles. The van der Waals surface area contributed by atoms with E-state index >= 15 is 0 Å². The number of aldehydes is 1. The number of hydrogen-bond donors (Lipinski definition) is 1. The van der Waals surface area contributed by atoms with Crippen LogP contribution in [0.3, 0.4) is 0 Å². The van der Waals surface area contributed by atoms with Gasteiger partial charge in [-0.05, 0) is 39.3 Å². The normalized spacial score (nSPS) is 14.3. The van der Waals surface area contributed by atoms with Gasteiger partial charge in [-0.25, -0.2) is 4.79 Å². The number of nitrogens with zero attached hydrogens (tertiary/aromatic N) is 1. The molecule has 1 aromatic carbocycles. The maximum absolute atomic E-state index is 12.9. The number of nitrogens with one attached hydrogen (secondary N) is 1. The van der Waals surface area contributed by atoms with E-state index < -0.39 is 36.0 Å². The third-order valence-corrected chi connectivity index (χ3v) is 4.11. The van der Waals surface area contributed by atoms with Gasteiger partial charge in [-0.3, -0.25) is 19.3 Å². The predicted molar refractivity (Wildman–Crippen MR) is 101 cm³/mol. The number of ether oxygens (including phenoxy) is 2. The molecule has 0 fully saturated rings. The Balaban J connectivity index is 2.20. The van der Waals surface area contributed by atoms with Crippen molar-refractivity contribution in [2.45, 2.75) is 45.3 Å². The van der Waals surface area contributed by atoms with Crippen LogP contribution in [0.15, 0.2) is 18.2 Å². The molecule has 0 spiro atoms. The number of rotatable bonds is 8. The Morgan fingerprint density at radius 3 is 2.48 bits per heavy atom. The first kappa shape index (κ1) is 22.1. The summed E-state index contributed by atoms with van der Waals surface area (Å²) in [6.45, 7) is 4.69. The van der Waals surface area contributed by atoms with E-state index in [-0.39, 0.29) is 35.6 Å². The van der Waals surface area contributed by atoms with E-state index in [9.17, 15) is 24.0 Å². The van der Waals surface area contributed by atoms with Crippen LogP contribution in [0.25, 0.3) is 0 Å². The molecule has 9 heteroatoms. The van der Waals surface area contributed by atoms with Crippen LogP contribution in [-0.2, 0) is 19.1 Å². The Morgan fingerprint density at radius 2 is 1.90 bits per heavy atom. The van der Waals surface area contributed by atoms with Gasteiger partial charge in [0.2, 0.25) is 5.91 Å². The molecular formula is C20H24N2O7. The highest BCUT2D eigenvalue weighted by atomic mass is 16.6. The van der Waals surface area contributed by atoms with Gasteiger partial charge in [0.15, 0.2) is 6.61 Å². The summed E-state index contributed by atoms with van der Waals surface area (Å²) in [5.74, 6) is -2.25. The fraction of sp³-hybridized carbons (Fsp3) is 0.450. The molecule has 1 aliphatic rings. The lowest BCUT2D eigenvalue weighted by atomic mass is 10.1. The molecule has 1 atom stereocenters. The first-order valence-corrected chi connectivity index (χ1v) is 9.10. The molecule has 0 saturated carbocycles. The van der Waals surface area contributed by atoms with Gasteiger partial charge in [-0.1, -0.05) is 6.07 Å². The van der Waals surface area contributed by atoms with Crippen LogP contribution in [0.2, 0.25) is 0 Å². The SMILES string of the molecule is CNC(=O)CCC(C=O)N1C(=O)c2cccc(OCC(=O)OC(C)(C)C)c2C1=O. The van der Waals surface area contributed by atoms with Gasteiger partial charge in [0.05, 0.1) is 17.2 Å². The summed E-state index contributed by atoms with van der Waals surface area (Å²) in [4.78, 5) is 61.2. The maximum atomic E-state index is 12.9. The molecule has 1 aromatic rings. The number of carbonyl (C=O) groups excluding carboxylic acids is 5. The van der Waals surface area contributed by atoms with Gasteiger partial charge >= 0.3 is 5.97 Å². The summed E-state index contributed by atoms with van der Waals surface area (Å²) in [5.41, 5.74) is -0.639. The van der Waals surface area contributed by atoms with E-state index in [4.69, 9.17) is 9.47 Å². The Bertz CT molecular complexity index is 842. The topological polar surface area (TPSA) is 119 Å². The van der Waals surface area contributed by atoms with E-state index in [0.29, 0.717) is 6.29 Å². The molecule has 1 aliphatic heterocycles. The van der Waals surface area contributed by atoms with Gasteiger partial charge < -0.3 is 19.6 Å². The van der Waals surface area contributed by atoms with E-state index in [1.807, 2.05) is 0 Å². The van der Waals surface area contributed by atoms with E-state index in [1.165, 1.54) is 25.2 Å². The van der Waals surface area contributed by atoms with Crippen molar-refractivity contribution in [1.29, 1.82) is 0 Å². The average molecular weight is 404 g/mol. The standard InChI is InChI=1S/C20H24N2O7/c1-20(2,3)29-16(25)11-28-14-7-5-6-13-17(14)19(27)22(18(13)26)12(10-23)8-9-15(24)21-4/h5-7,10,12H,8-9,11H2,1-4H3,(H,21,24). The van der Waals surface area contributed by atoms with Crippen molar-refractivity contribution < 1.29 is 33.4 Å². The molecule has 0 bridgehead atoms. The van der Waals surface area contributed by atoms with Crippen molar-refractivity contribution in [2.75, 3.05) is 13.7 Å². The van der Waals surface area contributed by atoms with Crippen molar-refractivity contribution in [2.24, 2.45) is 0 Å². The van der Waals surface area contributed by atoms with Crippen LogP contribution < -0.4 is 10.1 Å². The number of esters is 1. The largest absolute Gasteiger partial charge is 0.481 e. The fourth-order valence-corrected chi connectivity index (χ4v) is 2.86. The molecule has 1 heterocycles. The second kappa shape index (κ2) is 8.85. The summed E-state index contributed by atoms with van der Waals surface area (Å²) in [7, 11) is 1.45. The third kappa shape index (κ3) is 5.18. The number of fused-ring (bicyclic) bond motifs is 1. The molecule has 0 aromatic heterocycles. The van der Waals surface area contributed by atoms with E-state index in [1.54, 1.807) is 20.8 Å². The van der Waals surface area contributed by atoms with Crippen LogP contribution in [0, 0.1) is 0 Å². The van der Waals surface area contributed by atoms with E-state index in [2.05, 4.69) is 5.32 Å². The summed E-state index contributed by atoms with van der Waals surface area (Å²) in [6.07, 6.45) is 0.448. The van der Waals surface area contributed by atoms with Crippen molar-refractivity contribution in [3.05, 3.63) is 29.3 Å². The molecule has 9 nitrogen and oxygen atoms in total. The maximum Gasteiger partial charge on any atom is 0.344 e. The van der Waals surface area contributed by atoms with Gasteiger partial charge in [0.1, 0.15) is 17.6 Å². The summed E-state index contributed by atoms with van der Waals surface area (Å²) >= 11 is 0. The van der Waals surface area contributed by atoms with Gasteiger partial charge in [0, 0.05) is 13.5 Å². The quantitative estimate of drug-likeness (QED) is 0.391. The molecule has 0 radical (unpaired) electrons. The van der Waals surface area contributed by atoms with Crippen molar-refractivity contribution in [1.82, 2.24) is 10.2 Å². The molecule has 1 N–H and O–H groups in total. The highest BCUT2D eigenvalue weighted by molar-refractivity contribution is 6.23. The zero-order valence-corrected chi connectivity index (χ0v) is 16.8. The Labute approximate surface area is 168 Å². The fourth-order valence-electron chi connectivity index (χ4n) is 2.86. The first-order valence-electron chi connectivity index (χ1n) is 9.10. The number of amides is 3. The molecule has 0 aliphatic carbocycles. The summed E-state index contributed by atoms with van der Waals surface area (Å²) in [5, 5.41) is 2.42. The van der Waals surface area contributed by atoms with Crippen molar-refractivity contribution >= 4 is 30.0 Å². The van der Waals surface area contributed by atoms with Gasteiger partial charge in [-0.15, -0.1) is 0 Å². The Hall–Kier alpha value is -3.23. The lowest BCUT2D eigenvalue weighted by Crippen LogP contribution is -2.41.